The summed E-state index contributed by atoms with van der Waals surface area (Å²) < 4.78 is 0. The molecule has 1 aromatic heterocycles. The molecular weight excluding hydrogens is 212 g/mol. The minimum absolute atomic E-state index is 0.314. The number of Topliss-reactive ketones (excluding diaryl/α,β-unsaturated/α-hetero) is 1. The van der Waals surface area contributed by atoms with Crippen LogP contribution in [-0.2, 0) is 11.2 Å². The third kappa shape index (κ3) is 2.61. The summed E-state index contributed by atoms with van der Waals surface area (Å²) in [5.41, 5.74) is 1.31. The molecule has 0 N–H and O–H groups in total. The van der Waals surface area contributed by atoms with Crippen LogP contribution < -0.4 is 0 Å². The van der Waals surface area contributed by atoms with Crippen LogP contribution in [0.3, 0.4) is 0 Å². The normalized spacial score (nSPS) is 21.3. The largest absolute Gasteiger partial charge is 0.298 e. The van der Waals surface area contributed by atoms with Gasteiger partial charge in [-0.25, -0.2) is 0 Å². The van der Waals surface area contributed by atoms with Crippen molar-refractivity contribution in [3.05, 3.63) is 22.4 Å². The molecule has 1 unspecified atom stereocenters. The molecule has 0 bridgehead atoms. The van der Waals surface area contributed by atoms with Crippen molar-refractivity contribution in [3.63, 3.8) is 0 Å². The van der Waals surface area contributed by atoms with E-state index >= 15 is 0 Å². The number of ketones is 1. The van der Waals surface area contributed by atoms with Gasteiger partial charge in [-0.05, 0) is 47.4 Å². The van der Waals surface area contributed by atoms with Crippen LogP contribution in [0, 0.1) is 0 Å². The molecule has 76 valence electrons. The Kier molecular flexibility index (Phi) is 3.65. The first-order chi connectivity index (χ1) is 6.86. The van der Waals surface area contributed by atoms with Crippen LogP contribution in [0.5, 0.6) is 0 Å². The van der Waals surface area contributed by atoms with Gasteiger partial charge in [-0.3, -0.25) is 4.79 Å². The van der Waals surface area contributed by atoms with Crippen LogP contribution in [0.15, 0.2) is 16.8 Å². The molecule has 0 spiro atoms. The number of hydrogen-bond acceptors (Lipinski definition) is 3. The van der Waals surface area contributed by atoms with Crippen LogP contribution in [0.2, 0.25) is 0 Å². The van der Waals surface area contributed by atoms with Gasteiger partial charge in [0.25, 0.3) is 0 Å². The number of thiophene rings is 1. The Hall–Kier alpha value is -0.280. The number of thioether (sulfide) groups is 1. The molecule has 3 heteroatoms. The first kappa shape index (κ1) is 10.2. The Bertz CT molecular complexity index is 286. The lowest BCUT2D eigenvalue weighted by Crippen LogP contribution is -2.14. The number of hydrogen-bond donors (Lipinski definition) is 0. The van der Waals surface area contributed by atoms with Gasteiger partial charge in [0.2, 0.25) is 0 Å². The van der Waals surface area contributed by atoms with Gasteiger partial charge in [-0.2, -0.15) is 23.1 Å². The van der Waals surface area contributed by atoms with Gasteiger partial charge >= 0.3 is 0 Å². The standard InChI is InChI=1S/C11H14OS2/c12-10(11-2-1-6-14-11)4-3-9-5-7-13-8-9/h5,7-8,11H,1-4,6H2. The van der Waals surface area contributed by atoms with Crippen LogP contribution in [0.1, 0.15) is 24.8 Å². The second-order valence-electron chi connectivity index (χ2n) is 3.60. The maximum Gasteiger partial charge on any atom is 0.146 e. The zero-order valence-corrected chi connectivity index (χ0v) is 9.70. The second-order valence-corrected chi connectivity index (χ2v) is 5.69. The molecule has 14 heavy (non-hydrogen) atoms. The van der Waals surface area contributed by atoms with Crippen LogP contribution >= 0.6 is 23.1 Å². The van der Waals surface area contributed by atoms with Gasteiger partial charge in [0, 0.05) is 6.42 Å². The fraction of sp³-hybridized carbons (Fsp3) is 0.545. The Morgan fingerprint density at radius 1 is 1.57 bits per heavy atom. The molecule has 1 nitrogen and oxygen atoms in total. The van der Waals surface area contributed by atoms with Gasteiger partial charge in [-0.15, -0.1) is 0 Å². The van der Waals surface area contributed by atoms with Gasteiger partial charge in [0.1, 0.15) is 5.78 Å². The van der Waals surface area contributed by atoms with E-state index in [0.717, 1.165) is 19.3 Å². The molecule has 2 rings (SSSR count). The predicted octanol–water partition coefficient (Wildman–Crippen LogP) is 3.15. The SMILES string of the molecule is O=C(CCc1ccsc1)C1CCCS1. The van der Waals surface area contributed by atoms with Gasteiger partial charge in [-0.1, -0.05) is 0 Å². The van der Waals surface area contributed by atoms with Crippen molar-refractivity contribution in [2.45, 2.75) is 30.9 Å². The average Bonchev–Trinajstić information content (AvgIpc) is 2.87. The van der Waals surface area contributed by atoms with Crippen molar-refractivity contribution in [1.29, 1.82) is 0 Å². The third-order valence-electron chi connectivity index (χ3n) is 2.53. The quantitative estimate of drug-likeness (QED) is 0.784. The second kappa shape index (κ2) is 4.99. The van der Waals surface area contributed by atoms with Crippen molar-refractivity contribution in [1.82, 2.24) is 0 Å². The summed E-state index contributed by atoms with van der Waals surface area (Å²) in [6.07, 6.45) is 3.99. The van der Waals surface area contributed by atoms with E-state index in [9.17, 15) is 4.79 Å². The van der Waals surface area contributed by atoms with Crippen LogP contribution in [-0.4, -0.2) is 16.8 Å². The highest BCUT2D eigenvalue weighted by atomic mass is 32.2. The number of rotatable bonds is 4. The molecule has 0 amide bonds. The van der Waals surface area contributed by atoms with E-state index in [1.165, 1.54) is 17.7 Å². The molecule has 0 saturated carbocycles. The lowest BCUT2D eigenvalue weighted by Gasteiger charge is -2.05. The van der Waals surface area contributed by atoms with E-state index in [4.69, 9.17) is 0 Å². The third-order valence-corrected chi connectivity index (χ3v) is 4.69. The Morgan fingerprint density at radius 2 is 2.50 bits per heavy atom. The molecule has 1 aliphatic rings. The molecule has 1 aliphatic heterocycles. The van der Waals surface area contributed by atoms with E-state index in [1.807, 2.05) is 11.8 Å². The Labute approximate surface area is 92.9 Å². The summed E-state index contributed by atoms with van der Waals surface area (Å²) in [5.74, 6) is 1.63. The highest BCUT2D eigenvalue weighted by molar-refractivity contribution is 8.00. The molecule has 1 fully saturated rings. The monoisotopic (exact) mass is 226 g/mol. The molecule has 0 radical (unpaired) electrons. The van der Waals surface area contributed by atoms with Gasteiger partial charge in [0.05, 0.1) is 5.25 Å². The smallest absolute Gasteiger partial charge is 0.146 e. The van der Waals surface area contributed by atoms with Crippen molar-refractivity contribution >= 4 is 28.9 Å². The zero-order chi connectivity index (χ0) is 9.80. The summed E-state index contributed by atoms with van der Waals surface area (Å²) in [6, 6.07) is 2.11. The fourth-order valence-corrected chi connectivity index (χ4v) is 3.65. The fourth-order valence-electron chi connectivity index (χ4n) is 1.70. The van der Waals surface area contributed by atoms with E-state index in [1.54, 1.807) is 11.3 Å². The lowest BCUT2D eigenvalue weighted by molar-refractivity contribution is -0.118. The minimum atomic E-state index is 0.314. The predicted molar refractivity (Wildman–Crippen MR) is 63.1 cm³/mol. The summed E-state index contributed by atoms with van der Waals surface area (Å²) >= 11 is 3.55. The van der Waals surface area contributed by atoms with Crippen LogP contribution in [0.4, 0.5) is 0 Å². The lowest BCUT2D eigenvalue weighted by atomic mass is 10.1. The Balaban J connectivity index is 1.77. The van der Waals surface area contributed by atoms with Crippen molar-refractivity contribution in [2.24, 2.45) is 0 Å². The minimum Gasteiger partial charge on any atom is -0.298 e. The number of aryl methyl sites for hydroxylation is 1. The number of carbonyl (C=O) groups is 1. The maximum atomic E-state index is 11.7. The molecule has 1 saturated heterocycles. The molecular formula is C11H14OS2. The van der Waals surface area contributed by atoms with Crippen molar-refractivity contribution in [3.8, 4) is 0 Å². The van der Waals surface area contributed by atoms with E-state index in [-0.39, 0.29) is 0 Å². The summed E-state index contributed by atoms with van der Waals surface area (Å²) in [7, 11) is 0. The summed E-state index contributed by atoms with van der Waals surface area (Å²) in [6.45, 7) is 0. The average molecular weight is 226 g/mol. The summed E-state index contributed by atoms with van der Waals surface area (Å²) in [4.78, 5) is 11.7. The molecule has 1 aromatic rings. The zero-order valence-electron chi connectivity index (χ0n) is 8.07. The number of carbonyl (C=O) groups excluding carboxylic acids is 1. The van der Waals surface area contributed by atoms with Crippen LogP contribution in [0.25, 0.3) is 0 Å². The molecule has 1 atom stereocenters. The first-order valence-corrected chi connectivity index (χ1v) is 7.01. The molecule has 2 heterocycles. The highest BCUT2D eigenvalue weighted by Gasteiger charge is 2.22. The van der Waals surface area contributed by atoms with E-state index < -0.39 is 0 Å². The maximum absolute atomic E-state index is 11.7. The van der Waals surface area contributed by atoms with Gasteiger partial charge < -0.3 is 0 Å². The molecule has 0 aliphatic carbocycles. The van der Waals surface area contributed by atoms with Crippen molar-refractivity contribution in [2.75, 3.05) is 5.75 Å². The Morgan fingerprint density at radius 3 is 3.14 bits per heavy atom. The van der Waals surface area contributed by atoms with Crippen molar-refractivity contribution < 1.29 is 4.79 Å². The highest BCUT2D eigenvalue weighted by Crippen LogP contribution is 2.28. The first-order valence-electron chi connectivity index (χ1n) is 5.01. The van der Waals surface area contributed by atoms with E-state index in [2.05, 4.69) is 16.8 Å². The topological polar surface area (TPSA) is 17.1 Å². The summed E-state index contributed by atoms with van der Waals surface area (Å²) in [5, 5.41) is 4.52. The molecule has 0 aromatic carbocycles. The van der Waals surface area contributed by atoms with Gasteiger partial charge in [0.15, 0.2) is 0 Å². The van der Waals surface area contributed by atoms with E-state index in [0.29, 0.717) is 11.0 Å².